The molecule has 1 amide bonds. The summed E-state index contributed by atoms with van der Waals surface area (Å²) in [6, 6.07) is 4.82. The molecule has 2 saturated heterocycles. The molecule has 0 saturated carbocycles. The van der Waals surface area contributed by atoms with Crippen LogP contribution < -0.4 is 14.8 Å². The minimum Gasteiger partial charge on any atom is -0.493 e. The molecule has 2 aliphatic heterocycles. The molecule has 53 heavy (non-hydrogen) atoms. The van der Waals surface area contributed by atoms with E-state index in [1.54, 1.807) is 18.2 Å². The SMILES string of the molecule is CC[C@H]1OC(=O)[C@H](C)C[C@H](C)CC(C)C[C@@H](C)C(=O)[C@H](C)[C@@H]2C1C(C)OC(=O)[C@H]2SCCCOc1cc(C(=O)Nc2c(Cl)cncc2Cl)ccc1OC. The summed E-state index contributed by atoms with van der Waals surface area (Å²) >= 11 is 13.8. The van der Waals surface area contributed by atoms with Gasteiger partial charge in [0.1, 0.15) is 23.2 Å². The average Bonchev–Trinajstić information content (AvgIpc) is 3.11. The van der Waals surface area contributed by atoms with Gasteiger partial charge in [-0.25, -0.2) is 0 Å². The number of methoxy groups -OCH3 is 1. The number of nitrogens with zero attached hydrogens (tertiary/aromatic N) is 1. The van der Waals surface area contributed by atoms with E-state index >= 15 is 0 Å². The molecule has 10 nitrogen and oxygen atoms in total. The van der Waals surface area contributed by atoms with E-state index in [9.17, 15) is 19.2 Å². The van der Waals surface area contributed by atoms with Crippen LogP contribution in [0, 0.1) is 41.4 Å². The summed E-state index contributed by atoms with van der Waals surface area (Å²) in [5.74, 6) is -0.563. The van der Waals surface area contributed by atoms with Gasteiger partial charge in [0, 0.05) is 41.6 Å². The van der Waals surface area contributed by atoms with Crippen LogP contribution in [0.4, 0.5) is 5.69 Å². The molecule has 3 unspecified atom stereocenters. The lowest BCUT2D eigenvalue weighted by atomic mass is 9.69. The zero-order chi connectivity index (χ0) is 39.0. The van der Waals surface area contributed by atoms with E-state index < -0.39 is 35.2 Å². The van der Waals surface area contributed by atoms with Gasteiger partial charge in [-0.1, -0.05) is 64.7 Å². The topological polar surface area (TPSA) is 130 Å². The first-order valence-corrected chi connectivity index (χ1v) is 20.4. The summed E-state index contributed by atoms with van der Waals surface area (Å²) in [7, 11) is 1.51. The Kier molecular flexibility index (Phi) is 15.7. The molecule has 2 aromatic rings. The van der Waals surface area contributed by atoms with E-state index in [0.29, 0.717) is 47.5 Å². The van der Waals surface area contributed by atoms with E-state index in [-0.39, 0.29) is 57.8 Å². The number of carbonyl (C=O) groups is 4. The maximum atomic E-state index is 14.1. The van der Waals surface area contributed by atoms with Gasteiger partial charge in [0.25, 0.3) is 5.91 Å². The Balaban J connectivity index is 1.50. The first-order valence-electron chi connectivity index (χ1n) is 18.6. The van der Waals surface area contributed by atoms with E-state index in [1.165, 1.54) is 31.3 Å². The predicted octanol–water partition coefficient (Wildman–Crippen LogP) is 8.95. The van der Waals surface area contributed by atoms with Crippen molar-refractivity contribution in [3.05, 3.63) is 46.2 Å². The number of ketones is 1. The van der Waals surface area contributed by atoms with E-state index in [1.807, 2.05) is 34.6 Å². The van der Waals surface area contributed by atoms with Crippen molar-refractivity contribution in [2.45, 2.75) is 98.0 Å². The van der Waals surface area contributed by atoms with E-state index in [4.69, 9.17) is 42.1 Å². The number of cyclic esters (lactones) is 2. The molecule has 13 heteroatoms. The molecule has 3 heterocycles. The minimum atomic E-state index is -0.633. The van der Waals surface area contributed by atoms with Crippen LogP contribution in [0.25, 0.3) is 0 Å². The number of pyridine rings is 1. The van der Waals surface area contributed by atoms with Crippen LogP contribution in [0.5, 0.6) is 11.5 Å². The molecule has 1 aromatic carbocycles. The highest BCUT2D eigenvalue weighted by Gasteiger charge is 2.52. The molecule has 0 spiro atoms. The van der Waals surface area contributed by atoms with Gasteiger partial charge in [0.15, 0.2) is 11.5 Å². The number of fused-ring (bicyclic) bond motifs is 1. The maximum absolute atomic E-state index is 14.1. The number of amides is 1. The number of rotatable bonds is 10. The Morgan fingerprint density at radius 1 is 0.906 bits per heavy atom. The third kappa shape index (κ3) is 10.8. The number of aromatic nitrogens is 1. The van der Waals surface area contributed by atoms with Crippen LogP contribution in [0.1, 0.15) is 90.9 Å². The van der Waals surface area contributed by atoms with Gasteiger partial charge in [-0.15, -0.1) is 11.8 Å². The number of esters is 2. The second kappa shape index (κ2) is 19.5. The van der Waals surface area contributed by atoms with Gasteiger partial charge in [0.2, 0.25) is 0 Å². The summed E-state index contributed by atoms with van der Waals surface area (Å²) in [6.45, 7) is 14.3. The molecule has 2 aliphatic rings. The molecule has 292 valence electrons. The minimum absolute atomic E-state index is 0.131. The number of thioether (sulfide) groups is 1. The van der Waals surface area contributed by atoms with Crippen LogP contribution in [0.3, 0.4) is 0 Å². The summed E-state index contributed by atoms with van der Waals surface area (Å²) in [5, 5.41) is 2.49. The summed E-state index contributed by atoms with van der Waals surface area (Å²) in [4.78, 5) is 58.2. The highest BCUT2D eigenvalue weighted by atomic mass is 35.5. The van der Waals surface area contributed by atoms with Gasteiger partial charge in [-0.2, -0.15) is 0 Å². The molecule has 1 aromatic heterocycles. The quantitative estimate of drug-likeness (QED) is 0.184. The Hall–Kier alpha value is -3.02. The predicted molar refractivity (Wildman–Crippen MR) is 209 cm³/mol. The van der Waals surface area contributed by atoms with Gasteiger partial charge >= 0.3 is 11.9 Å². The lowest BCUT2D eigenvalue weighted by Crippen LogP contribution is -2.55. The number of carbonyl (C=O) groups excluding carboxylic acids is 4. The fraction of sp³-hybridized carbons (Fsp3) is 0.625. The Morgan fingerprint density at radius 3 is 2.21 bits per heavy atom. The van der Waals surface area contributed by atoms with Crippen molar-refractivity contribution < 1.29 is 38.1 Å². The second-order valence-corrected chi connectivity index (χ2v) is 16.9. The van der Waals surface area contributed by atoms with Gasteiger partial charge in [-0.05, 0) is 74.8 Å². The van der Waals surface area contributed by atoms with Crippen LogP contribution in [0.15, 0.2) is 30.6 Å². The third-order valence-electron chi connectivity index (χ3n) is 10.6. The molecule has 2 fully saturated rings. The van der Waals surface area contributed by atoms with Crippen LogP contribution in [0.2, 0.25) is 10.0 Å². The van der Waals surface area contributed by atoms with E-state index in [2.05, 4.69) is 24.1 Å². The zero-order valence-corrected chi connectivity index (χ0v) is 34.3. The number of benzene rings is 1. The molecular formula is C40H54Cl2N2O8S. The molecule has 0 radical (unpaired) electrons. The highest BCUT2D eigenvalue weighted by Crippen LogP contribution is 2.45. The number of halogens is 2. The molecular weight excluding hydrogens is 739 g/mol. The van der Waals surface area contributed by atoms with E-state index in [0.717, 1.165) is 19.3 Å². The van der Waals surface area contributed by atoms with Crippen molar-refractivity contribution in [2.75, 3.05) is 24.8 Å². The van der Waals surface area contributed by atoms with Gasteiger partial charge in [-0.3, -0.25) is 24.2 Å². The molecule has 0 bridgehead atoms. The van der Waals surface area contributed by atoms with Crippen molar-refractivity contribution in [1.82, 2.24) is 4.98 Å². The standard InChI is InChI=1S/C40H54Cl2N2O8S/c1-9-30-34-26(7)51-40(48)37(33(34)25(6)36(45)23(4)16-21(2)15-22(3)17-24(5)39(47)52-30)53-14-10-13-50-32-18-27(11-12-31(32)49-8)38(46)44-35-28(41)19-43-20-29(35)42/h11-12,18-26,30,33-34,37H,9-10,13-17H2,1-8H3,(H,43,44,46)/t21?,22-,23-,24-,25-,26?,30-,33-,34?,37+/m1/s1. The number of hydrogen-bond acceptors (Lipinski definition) is 10. The number of nitrogens with one attached hydrogen (secondary N) is 1. The molecule has 10 atom stereocenters. The highest BCUT2D eigenvalue weighted by molar-refractivity contribution is 8.00. The van der Waals surface area contributed by atoms with Crippen molar-refractivity contribution in [1.29, 1.82) is 0 Å². The van der Waals surface area contributed by atoms with Crippen LogP contribution in [-0.2, 0) is 23.9 Å². The van der Waals surface area contributed by atoms with Gasteiger partial charge in [0.05, 0.1) is 35.4 Å². The van der Waals surface area contributed by atoms with Crippen molar-refractivity contribution >= 4 is 64.3 Å². The van der Waals surface area contributed by atoms with Gasteiger partial charge < -0.3 is 24.3 Å². The molecule has 0 aliphatic carbocycles. The Labute approximate surface area is 328 Å². The number of Topliss-reactive ketones (excluding diaryl/α,β-unsaturated/α-hetero) is 1. The largest absolute Gasteiger partial charge is 0.493 e. The van der Waals surface area contributed by atoms with Crippen molar-refractivity contribution in [2.24, 2.45) is 41.4 Å². The number of hydrogen-bond donors (Lipinski definition) is 1. The fourth-order valence-corrected chi connectivity index (χ4v) is 9.89. The smallest absolute Gasteiger partial charge is 0.319 e. The van der Waals surface area contributed by atoms with Crippen molar-refractivity contribution in [3.8, 4) is 11.5 Å². The third-order valence-corrected chi connectivity index (χ3v) is 12.5. The number of ether oxygens (including phenoxy) is 4. The Morgan fingerprint density at radius 2 is 1.57 bits per heavy atom. The van der Waals surface area contributed by atoms with Crippen molar-refractivity contribution in [3.63, 3.8) is 0 Å². The lowest BCUT2D eigenvalue weighted by Gasteiger charge is -2.46. The monoisotopic (exact) mass is 792 g/mol. The Bertz CT molecular complexity index is 1590. The lowest BCUT2D eigenvalue weighted by molar-refractivity contribution is -0.179. The summed E-state index contributed by atoms with van der Waals surface area (Å²) in [6.07, 6.45) is 5.23. The normalized spacial score (nSPS) is 30.0. The zero-order valence-electron chi connectivity index (χ0n) is 32.0. The first-order chi connectivity index (χ1) is 25.2. The fourth-order valence-electron chi connectivity index (χ4n) is 8.06. The average molecular weight is 794 g/mol. The summed E-state index contributed by atoms with van der Waals surface area (Å²) < 4.78 is 23.8. The first kappa shape index (κ1) is 42.7. The molecule has 1 N–H and O–H groups in total. The number of anilines is 1. The summed E-state index contributed by atoms with van der Waals surface area (Å²) in [5.41, 5.74) is 0.553. The van der Waals surface area contributed by atoms with Crippen LogP contribution >= 0.6 is 35.0 Å². The van der Waals surface area contributed by atoms with Crippen LogP contribution in [-0.4, -0.2) is 65.5 Å². The maximum Gasteiger partial charge on any atom is 0.319 e. The second-order valence-electron chi connectivity index (χ2n) is 14.9. The molecule has 4 rings (SSSR count).